The average molecular weight is 295 g/mol. The summed E-state index contributed by atoms with van der Waals surface area (Å²) in [5.74, 6) is 0.300. The van der Waals surface area contributed by atoms with E-state index in [1.165, 1.54) is 19.3 Å². The highest BCUT2D eigenvalue weighted by molar-refractivity contribution is 5.87. The molecule has 0 saturated heterocycles. The summed E-state index contributed by atoms with van der Waals surface area (Å²) in [6.07, 6.45) is 8.28. The standard InChI is InChI=1S/C14H25N5O2/c1-3-14(2,9-20)17-13(21)16-12-15-10-19(18-12)11-7-5-4-6-8-11/h10-11,20H,3-9H2,1-2H3,(H2,16,17,18,21)/t14-/m0/s1. The molecule has 1 heterocycles. The van der Waals surface area contributed by atoms with Crippen LogP contribution in [0.1, 0.15) is 58.4 Å². The fourth-order valence-corrected chi connectivity index (χ4v) is 2.50. The molecule has 21 heavy (non-hydrogen) atoms. The molecule has 0 bridgehead atoms. The molecule has 1 aromatic heterocycles. The lowest BCUT2D eigenvalue weighted by molar-refractivity contribution is 0.172. The molecule has 0 aromatic carbocycles. The molecule has 1 aliphatic rings. The maximum absolute atomic E-state index is 11.9. The smallest absolute Gasteiger partial charge is 0.322 e. The van der Waals surface area contributed by atoms with E-state index in [1.54, 1.807) is 13.3 Å². The number of urea groups is 1. The number of aliphatic hydroxyl groups is 1. The minimum absolute atomic E-state index is 0.110. The third kappa shape index (κ3) is 4.17. The van der Waals surface area contributed by atoms with E-state index in [1.807, 2.05) is 11.6 Å². The van der Waals surface area contributed by atoms with Crippen molar-refractivity contribution in [1.29, 1.82) is 0 Å². The molecule has 0 spiro atoms. The summed E-state index contributed by atoms with van der Waals surface area (Å²) in [5.41, 5.74) is -0.629. The molecule has 3 N–H and O–H groups in total. The molecule has 0 aliphatic heterocycles. The van der Waals surface area contributed by atoms with E-state index < -0.39 is 11.6 Å². The number of carbonyl (C=O) groups is 1. The van der Waals surface area contributed by atoms with Gasteiger partial charge in [-0.15, -0.1) is 5.10 Å². The Morgan fingerprint density at radius 2 is 2.19 bits per heavy atom. The number of nitrogens with zero attached hydrogens (tertiary/aromatic N) is 3. The first-order valence-corrected chi connectivity index (χ1v) is 7.67. The zero-order chi connectivity index (χ0) is 15.3. The highest BCUT2D eigenvalue weighted by Gasteiger charge is 2.24. The van der Waals surface area contributed by atoms with Crippen molar-refractivity contribution in [3.05, 3.63) is 6.33 Å². The molecule has 118 valence electrons. The molecule has 2 amide bonds. The monoisotopic (exact) mass is 295 g/mol. The lowest BCUT2D eigenvalue weighted by Crippen LogP contribution is -2.50. The molecule has 1 atom stereocenters. The number of anilines is 1. The van der Waals surface area contributed by atoms with Gasteiger partial charge in [-0.25, -0.2) is 14.5 Å². The first kappa shape index (κ1) is 15.8. The summed E-state index contributed by atoms with van der Waals surface area (Å²) < 4.78 is 1.85. The predicted molar refractivity (Wildman–Crippen MR) is 80.1 cm³/mol. The second-order valence-corrected chi connectivity index (χ2v) is 5.99. The van der Waals surface area contributed by atoms with E-state index in [0.717, 1.165) is 12.8 Å². The van der Waals surface area contributed by atoms with Gasteiger partial charge in [-0.2, -0.15) is 0 Å². The van der Waals surface area contributed by atoms with Crippen LogP contribution in [0.5, 0.6) is 0 Å². The van der Waals surface area contributed by atoms with Crippen LogP contribution in [0.25, 0.3) is 0 Å². The van der Waals surface area contributed by atoms with Gasteiger partial charge in [-0.1, -0.05) is 26.2 Å². The normalized spacial score (nSPS) is 19.0. The zero-order valence-corrected chi connectivity index (χ0v) is 12.8. The van der Waals surface area contributed by atoms with Crippen molar-refractivity contribution >= 4 is 12.0 Å². The number of amides is 2. The van der Waals surface area contributed by atoms with Crippen molar-refractivity contribution in [3.8, 4) is 0 Å². The van der Waals surface area contributed by atoms with Gasteiger partial charge in [0.15, 0.2) is 0 Å². The van der Waals surface area contributed by atoms with Crippen LogP contribution < -0.4 is 10.6 Å². The Bertz CT molecular complexity index is 464. The van der Waals surface area contributed by atoms with Gasteiger partial charge in [0.25, 0.3) is 0 Å². The quantitative estimate of drug-likeness (QED) is 0.775. The summed E-state index contributed by atoms with van der Waals surface area (Å²) in [6, 6.07) is -0.00185. The molecule has 7 nitrogen and oxygen atoms in total. The summed E-state index contributed by atoms with van der Waals surface area (Å²) in [6.45, 7) is 3.59. The summed E-state index contributed by atoms with van der Waals surface area (Å²) >= 11 is 0. The van der Waals surface area contributed by atoms with E-state index >= 15 is 0 Å². The molecule has 0 unspecified atom stereocenters. The number of aromatic nitrogens is 3. The van der Waals surface area contributed by atoms with Gasteiger partial charge in [0.2, 0.25) is 5.95 Å². The van der Waals surface area contributed by atoms with Gasteiger partial charge >= 0.3 is 6.03 Å². The SMILES string of the molecule is CC[C@@](C)(CO)NC(=O)Nc1ncn(C2CCCCC2)n1. The van der Waals surface area contributed by atoms with E-state index in [9.17, 15) is 9.90 Å². The number of rotatable bonds is 5. The van der Waals surface area contributed by atoms with E-state index in [0.29, 0.717) is 18.4 Å². The van der Waals surface area contributed by atoms with Crippen LogP contribution in [0.4, 0.5) is 10.7 Å². The van der Waals surface area contributed by atoms with E-state index in [2.05, 4.69) is 20.7 Å². The second kappa shape index (κ2) is 6.89. The topological polar surface area (TPSA) is 92.1 Å². The number of nitrogens with one attached hydrogen (secondary N) is 2. The van der Waals surface area contributed by atoms with E-state index in [4.69, 9.17) is 0 Å². The Morgan fingerprint density at radius 1 is 1.48 bits per heavy atom. The highest BCUT2D eigenvalue weighted by Crippen LogP contribution is 2.27. The van der Waals surface area contributed by atoms with Crippen molar-refractivity contribution < 1.29 is 9.90 Å². The fraction of sp³-hybridized carbons (Fsp3) is 0.786. The average Bonchev–Trinajstić information content (AvgIpc) is 2.96. The molecule has 1 aromatic rings. The minimum Gasteiger partial charge on any atom is -0.394 e. The molecular weight excluding hydrogens is 270 g/mol. The first-order valence-electron chi connectivity index (χ1n) is 7.67. The Hall–Kier alpha value is -1.63. The maximum Gasteiger partial charge on any atom is 0.322 e. The summed E-state index contributed by atoms with van der Waals surface area (Å²) in [7, 11) is 0. The Balaban J connectivity index is 1.91. The van der Waals surface area contributed by atoms with Crippen LogP contribution in [0, 0.1) is 0 Å². The molecule has 2 rings (SSSR count). The molecule has 0 radical (unpaired) electrons. The first-order chi connectivity index (χ1) is 10.1. The van der Waals surface area contributed by atoms with Crippen molar-refractivity contribution in [1.82, 2.24) is 20.1 Å². The van der Waals surface area contributed by atoms with Crippen LogP contribution in [-0.4, -0.2) is 38.0 Å². The van der Waals surface area contributed by atoms with Crippen molar-refractivity contribution in [2.45, 2.75) is 64.0 Å². The van der Waals surface area contributed by atoms with E-state index in [-0.39, 0.29) is 6.61 Å². The third-order valence-electron chi connectivity index (χ3n) is 4.23. The van der Waals surface area contributed by atoms with Crippen LogP contribution in [0.2, 0.25) is 0 Å². The van der Waals surface area contributed by atoms with Crippen molar-refractivity contribution in [3.63, 3.8) is 0 Å². The second-order valence-electron chi connectivity index (χ2n) is 5.99. The Morgan fingerprint density at radius 3 is 2.81 bits per heavy atom. The van der Waals surface area contributed by atoms with Gasteiger partial charge in [-0.05, 0) is 26.2 Å². The number of carbonyl (C=O) groups excluding carboxylic acids is 1. The van der Waals surface area contributed by atoms with Gasteiger partial charge in [-0.3, -0.25) is 5.32 Å². The Kier molecular flexibility index (Phi) is 5.17. The molecule has 7 heteroatoms. The lowest BCUT2D eigenvalue weighted by atomic mass is 9.96. The zero-order valence-electron chi connectivity index (χ0n) is 12.8. The summed E-state index contributed by atoms with van der Waals surface area (Å²) in [4.78, 5) is 16.0. The van der Waals surface area contributed by atoms with Crippen LogP contribution >= 0.6 is 0 Å². The third-order valence-corrected chi connectivity index (χ3v) is 4.23. The molecule has 1 fully saturated rings. The molecule has 1 aliphatic carbocycles. The van der Waals surface area contributed by atoms with Gasteiger partial charge in [0.1, 0.15) is 6.33 Å². The molecular formula is C14H25N5O2. The Labute approximate surface area is 125 Å². The van der Waals surface area contributed by atoms with Crippen LogP contribution in [0.3, 0.4) is 0 Å². The molecule has 1 saturated carbocycles. The highest BCUT2D eigenvalue weighted by atomic mass is 16.3. The van der Waals surface area contributed by atoms with Gasteiger partial charge < -0.3 is 10.4 Å². The lowest BCUT2D eigenvalue weighted by Gasteiger charge is -2.26. The number of hydrogen-bond acceptors (Lipinski definition) is 4. The minimum atomic E-state index is -0.629. The largest absolute Gasteiger partial charge is 0.394 e. The van der Waals surface area contributed by atoms with Gasteiger partial charge in [0.05, 0.1) is 18.2 Å². The fourth-order valence-electron chi connectivity index (χ4n) is 2.50. The number of hydrogen-bond donors (Lipinski definition) is 3. The van der Waals surface area contributed by atoms with Gasteiger partial charge in [0, 0.05) is 0 Å². The predicted octanol–water partition coefficient (Wildman–Crippen LogP) is 2.07. The van der Waals surface area contributed by atoms with Crippen LogP contribution in [-0.2, 0) is 0 Å². The van der Waals surface area contributed by atoms with Crippen LogP contribution in [0.15, 0.2) is 6.33 Å². The van der Waals surface area contributed by atoms with Crippen molar-refractivity contribution in [2.75, 3.05) is 11.9 Å². The van der Waals surface area contributed by atoms with Crippen molar-refractivity contribution in [2.24, 2.45) is 0 Å². The maximum atomic E-state index is 11.9. The number of aliphatic hydroxyl groups excluding tert-OH is 1. The summed E-state index contributed by atoms with van der Waals surface area (Å²) in [5, 5.41) is 19.0.